The van der Waals surface area contributed by atoms with Gasteiger partial charge in [-0.05, 0) is 66.1 Å². The Morgan fingerprint density at radius 3 is 2.20 bits per heavy atom. The van der Waals surface area contributed by atoms with E-state index in [1.54, 1.807) is 0 Å². The molecule has 2 atom stereocenters. The van der Waals surface area contributed by atoms with Gasteiger partial charge in [0, 0.05) is 23.5 Å². The largest absolute Gasteiger partial charge is 0.481 e. The van der Waals surface area contributed by atoms with E-state index in [4.69, 9.17) is 22.0 Å². The number of para-hydroxylation sites is 1. The summed E-state index contributed by atoms with van der Waals surface area (Å²) in [6.07, 6.45) is -4.58. The number of aromatic nitrogens is 1. The summed E-state index contributed by atoms with van der Waals surface area (Å²) in [6.45, 7) is 2.48. The minimum Gasteiger partial charge on any atom is -0.481 e. The molecule has 1 amide bonds. The molecule has 4 rings (SSSR count). The zero-order valence-electron chi connectivity index (χ0n) is 38.0. The third-order valence-corrected chi connectivity index (χ3v) is 5.98. The molecule has 0 fully saturated rings. The van der Waals surface area contributed by atoms with Crippen molar-refractivity contribution in [3.63, 3.8) is 0 Å². The summed E-state index contributed by atoms with van der Waals surface area (Å²) >= 11 is 0. The van der Waals surface area contributed by atoms with E-state index in [1.165, 1.54) is 13.8 Å². The lowest BCUT2D eigenvalue weighted by Crippen LogP contribution is -2.22. The van der Waals surface area contributed by atoms with Gasteiger partial charge in [-0.3, -0.25) is 9.59 Å². The molecule has 41 heavy (non-hydrogen) atoms. The van der Waals surface area contributed by atoms with Crippen LogP contribution in [-0.2, 0) is 11.3 Å². The Hall–Kier alpha value is -4.27. The van der Waals surface area contributed by atoms with E-state index >= 15 is 4.39 Å². The van der Waals surface area contributed by atoms with E-state index in [2.05, 4.69) is 5.11 Å². The molecule has 0 aliphatic heterocycles. The summed E-state index contributed by atoms with van der Waals surface area (Å²) in [6, 6.07) is -13.8. The highest BCUT2D eigenvalue weighted by atomic mass is 19.1. The van der Waals surface area contributed by atoms with Crippen LogP contribution in [0.4, 0.5) is 10.1 Å². The number of carbonyl (C=O) groups is 2. The van der Waals surface area contributed by atoms with Crippen LogP contribution in [0.5, 0.6) is 0 Å². The first-order valence-corrected chi connectivity index (χ1v) is 12.5. The number of benzene rings is 3. The van der Waals surface area contributed by atoms with Crippen molar-refractivity contribution < 1.29 is 49.9 Å². The molecule has 0 unspecified atom stereocenters. The average Bonchev–Trinajstić information content (AvgIpc) is 3.49. The topological polar surface area (TPSA) is 112 Å². The number of halogens is 1. The van der Waals surface area contributed by atoms with Crippen molar-refractivity contribution in [1.82, 2.24) is 4.57 Å². The molecule has 0 bridgehead atoms. The molecule has 1 aromatic heterocycles. The lowest BCUT2D eigenvalue weighted by molar-refractivity contribution is -0.139. The van der Waals surface area contributed by atoms with E-state index in [0.29, 0.717) is 0 Å². The number of carboxylic acid groups (broad SMARTS) is 1. The van der Waals surface area contributed by atoms with Gasteiger partial charge in [-0.1, -0.05) is 62.2 Å². The summed E-state index contributed by atoms with van der Waals surface area (Å²) in [7, 11) is 0. The van der Waals surface area contributed by atoms with Crippen LogP contribution >= 0.6 is 0 Å². The Kier molecular flexibility index (Phi) is 4.93. The third-order valence-electron chi connectivity index (χ3n) is 5.98. The molecule has 8 heteroatoms. The van der Waals surface area contributed by atoms with Crippen LogP contribution in [0.25, 0.3) is 23.8 Å². The summed E-state index contributed by atoms with van der Waals surface area (Å²) in [5, 5.41) is 25.0. The number of aliphatic hydroxyl groups is 2. The molecule has 4 aromatic rings. The normalized spacial score (nSPS) is 18.1. The molecular formula is C33H35FN2O5. The molecule has 3 aromatic carbocycles. The molecule has 0 aliphatic rings. The lowest BCUT2D eigenvalue weighted by Gasteiger charge is -2.20. The van der Waals surface area contributed by atoms with Gasteiger partial charge in [0.05, 0.1) is 49.1 Å². The van der Waals surface area contributed by atoms with Gasteiger partial charge in [0.2, 0.25) is 0 Å². The third kappa shape index (κ3) is 7.28. The van der Waals surface area contributed by atoms with Gasteiger partial charge in [-0.25, -0.2) is 4.39 Å². The summed E-state index contributed by atoms with van der Waals surface area (Å²) in [5.41, 5.74) is -4.64. The number of nitrogens with one attached hydrogen (secondary N) is 1. The van der Waals surface area contributed by atoms with E-state index in [-0.39, 0.29) is 11.0 Å². The Labute approximate surface area is 261 Å². The minimum atomic E-state index is -1.58. The molecule has 0 saturated carbocycles. The maximum Gasteiger partial charge on any atom is 0.305 e. The predicted molar refractivity (Wildman–Crippen MR) is 157 cm³/mol. The quantitative estimate of drug-likeness (QED) is 0.158. The lowest BCUT2D eigenvalue weighted by atomic mass is 9.94. The second kappa shape index (κ2) is 13.4. The summed E-state index contributed by atoms with van der Waals surface area (Å²) in [5.74, 6) is -5.12. The first-order chi connectivity index (χ1) is 26.4. The Morgan fingerprint density at radius 2 is 1.59 bits per heavy atom. The number of nitrogens with zero attached hydrogens (tertiary/aromatic N) is 1. The molecule has 7 nitrogen and oxygen atoms in total. The second-order valence-electron chi connectivity index (χ2n) is 9.28. The van der Waals surface area contributed by atoms with Crippen LogP contribution in [-0.4, -0.2) is 44.0 Å². The number of aliphatic carboxylic acids is 1. The summed E-state index contributed by atoms with van der Waals surface area (Å²) < 4.78 is 150. The van der Waals surface area contributed by atoms with Crippen LogP contribution in [0.15, 0.2) is 84.6 Å². The predicted octanol–water partition coefficient (Wildman–Crippen LogP) is 6.31. The highest BCUT2D eigenvalue weighted by Crippen LogP contribution is 2.42. The maximum absolute atomic E-state index is 15.0. The Bertz CT molecular complexity index is 2220. The fourth-order valence-electron chi connectivity index (χ4n) is 4.42. The Balaban J connectivity index is 2.26. The standard InChI is InChI=1S/C33H35FN2O5/c1-21(2)31-30(33(41)35-25-11-7-4-8-12-25)29(22-9-5-3-6-10-22)32(23-13-15-24(34)16-14-23)36(31)18-17-26(37)19-27(38)20-28(39)40/h3-16,21,26-27,37-38H,17-20H2,1-2H3,(H,35,41)(H,39,40)/t26-,27-/m0/s1/i3D,4D,5D,6D,7D,8D,9D,10D,11D,12D,13D,14D,15D,16D/hD2. The second-order valence-corrected chi connectivity index (χ2v) is 9.28. The molecule has 0 radical (unpaired) electrons. The first-order valence-electron chi connectivity index (χ1n) is 20.3. The number of aliphatic hydroxyl groups excluding tert-OH is 2. The number of anilines is 1. The molecular weight excluding hydrogens is 523 g/mol. The monoisotopic (exact) mass is 574 g/mol. The number of rotatable bonds is 12. The van der Waals surface area contributed by atoms with Crippen molar-refractivity contribution in [3.8, 4) is 22.4 Å². The maximum atomic E-state index is 15.0. The highest BCUT2D eigenvalue weighted by Gasteiger charge is 2.31. The van der Waals surface area contributed by atoms with Crippen LogP contribution in [0.2, 0.25) is 1.41 Å². The van der Waals surface area contributed by atoms with Gasteiger partial charge < -0.3 is 25.2 Å². The molecule has 0 saturated heterocycles. The van der Waals surface area contributed by atoms with Gasteiger partial charge in [0.25, 0.3) is 7.34 Å². The van der Waals surface area contributed by atoms with Crippen LogP contribution in [0.3, 0.4) is 0 Å². The van der Waals surface area contributed by atoms with Gasteiger partial charge in [0.1, 0.15) is 5.82 Å². The number of carboxylic acids is 1. The van der Waals surface area contributed by atoms with E-state index < -0.39 is 180 Å². The van der Waals surface area contributed by atoms with Crippen molar-refractivity contribution in [3.05, 3.63) is 102 Å². The van der Waals surface area contributed by atoms with E-state index in [1.807, 2.05) is 0 Å². The highest BCUT2D eigenvalue weighted by molar-refractivity contribution is 6.12. The van der Waals surface area contributed by atoms with E-state index in [0.717, 1.165) is 4.57 Å². The smallest absolute Gasteiger partial charge is 0.305 e. The number of hydrogen-bond acceptors (Lipinski definition) is 5. The van der Waals surface area contributed by atoms with Crippen molar-refractivity contribution in [2.24, 2.45) is 0 Å². The average molecular weight is 575 g/mol. The number of hydrogen-bond donors (Lipinski definition) is 4. The van der Waals surface area contributed by atoms with Crippen LogP contribution in [0.1, 0.15) is 74.3 Å². The van der Waals surface area contributed by atoms with Crippen molar-refractivity contribution in [1.29, 1.82) is 1.43 Å². The first kappa shape index (κ1) is 15.1. The molecule has 1 heterocycles. The zero-order chi connectivity index (χ0) is 43.3. The fraction of sp³-hybridized carbons (Fsp3) is 0.273. The van der Waals surface area contributed by atoms with Gasteiger partial charge in [-0.15, -0.1) is 0 Å². The molecule has 0 spiro atoms. The number of amides is 1. The summed E-state index contributed by atoms with van der Waals surface area (Å²) in [4.78, 5) is 26.4. The van der Waals surface area contributed by atoms with E-state index in [9.17, 15) is 19.8 Å². The molecule has 0 aliphatic carbocycles. The van der Waals surface area contributed by atoms with Crippen LogP contribution in [0, 0.1) is 5.82 Å². The zero-order valence-corrected chi connectivity index (χ0v) is 22.0. The minimum absolute atomic E-state index is 0.0649. The van der Waals surface area contributed by atoms with Crippen molar-refractivity contribution in [2.75, 3.05) is 5.31 Å². The number of carbonyl (C=O) groups excluding carboxylic acids is 1. The molecule has 214 valence electrons. The van der Waals surface area contributed by atoms with Gasteiger partial charge in [0.15, 0.2) is 1.41 Å². The van der Waals surface area contributed by atoms with Gasteiger partial charge >= 0.3 is 5.97 Å². The van der Waals surface area contributed by atoms with Crippen molar-refractivity contribution >= 4 is 17.6 Å². The Morgan fingerprint density at radius 1 is 0.951 bits per heavy atom. The van der Waals surface area contributed by atoms with Gasteiger partial charge in [-0.2, -0.15) is 0 Å². The van der Waals surface area contributed by atoms with Crippen LogP contribution < -0.4 is 5.31 Å². The van der Waals surface area contributed by atoms with Crippen molar-refractivity contribution in [2.45, 2.75) is 57.8 Å². The SMILES string of the molecule is [2H]OC(=O)C[C@@H](O)C[C@@H](O)CCn1c(-c2c([2H])c([2H])c(F)c([2H])c2[2H])c(-c2c([2H])c([2H])c([2H])c([2H])c2[2H])c(C(=O)N([2H])c2c([2H])c([2H])c([2H])c([2H])c2[2H])c1C(C)C. The fourth-order valence-corrected chi connectivity index (χ4v) is 4.42. The molecule has 4 N–H and O–H groups in total.